The van der Waals surface area contributed by atoms with E-state index in [2.05, 4.69) is 16.0 Å². The molecule has 7 nitrogen and oxygen atoms in total. The van der Waals surface area contributed by atoms with Crippen LogP contribution in [-0.2, 0) is 28.8 Å². The third-order valence-corrected chi connectivity index (χ3v) is 6.16. The number of carboxylic acid groups (broad SMARTS) is 1. The van der Waals surface area contributed by atoms with Gasteiger partial charge in [-0.25, -0.2) is 9.59 Å². The Balaban J connectivity index is 1.59. The zero-order valence-corrected chi connectivity index (χ0v) is 19.4. The summed E-state index contributed by atoms with van der Waals surface area (Å²) in [6.45, 7) is 6.32. The van der Waals surface area contributed by atoms with Crippen molar-refractivity contribution < 1.29 is 19.4 Å². The number of halogens is 1. The summed E-state index contributed by atoms with van der Waals surface area (Å²) in [6.07, 6.45) is 3.56. The molecule has 1 aliphatic carbocycles. The minimum Gasteiger partial charge on any atom is -0.480 e. The SMILES string of the molecule is CC(C)(C)OC(=O)N1CCN(c2ccnc3c2CCc2cc(Cl)ccc2C3)C[C@@H]1C(=O)O. The highest BCUT2D eigenvalue weighted by Crippen LogP contribution is 2.32. The summed E-state index contributed by atoms with van der Waals surface area (Å²) in [4.78, 5) is 32.7. The number of carboxylic acids is 1. The number of ether oxygens (including phenoxy) is 1. The second kappa shape index (κ2) is 8.62. The van der Waals surface area contributed by atoms with Gasteiger partial charge in [0.15, 0.2) is 0 Å². The van der Waals surface area contributed by atoms with Gasteiger partial charge >= 0.3 is 12.1 Å². The second-order valence-corrected chi connectivity index (χ2v) is 9.76. The molecule has 1 N–H and O–H groups in total. The number of nitrogens with zero attached hydrogens (tertiary/aromatic N) is 3. The Labute approximate surface area is 192 Å². The standard InChI is InChI=1S/C24H28ClN3O4/c1-24(2,3)32-23(31)28-11-10-27(14-21(28)22(29)30)20-8-9-26-19-13-16-4-6-17(25)12-15(16)5-7-18(19)20/h4,6,8-9,12,21H,5,7,10-11,13-14H2,1-3H3,(H,29,30)/t21-/m1/s1. The summed E-state index contributed by atoms with van der Waals surface area (Å²) in [6, 6.07) is 6.94. The molecule has 2 aliphatic rings. The number of benzene rings is 1. The predicted molar refractivity (Wildman–Crippen MR) is 122 cm³/mol. The lowest BCUT2D eigenvalue weighted by molar-refractivity contribution is -0.143. The number of aliphatic carboxylic acids is 1. The first-order valence-corrected chi connectivity index (χ1v) is 11.2. The summed E-state index contributed by atoms with van der Waals surface area (Å²) in [5, 5.41) is 10.6. The first-order chi connectivity index (χ1) is 15.1. The van der Waals surface area contributed by atoms with E-state index in [1.807, 2.05) is 18.2 Å². The van der Waals surface area contributed by atoms with E-state index >= 15 is 0 Å². The molecule has 32 heavy (non-hydrogen) atoms. The van der Waals surface area contributed by atoms with E-state index in [1.54, 1.807) is 27.0 Å². The van der Waals surface area contributed by atoms with E-state index in [4.69, 9.17) is 16.3 Å². The van der Waals surface area contributed by atoms with Crippen molar-refractivity contribution >= 4 is 29.4 Å². The zero-order chi connectivity index (χ0) is 23.0. The van der Waals surface area contributed by atoms with Crippen LogP contribution >= 0.6 is 11.6 Å². The molecule has 2 aromatic rings. The van der Waals surface area contributed by atoms with Gasteiger partial charge in [0.05, 0.1) is 0 Å². The van der Waals surface area contributed by atoms with E-state index in [-0.39, 0.29) is 13.1 Å². The molecule has 0 spiro atoms. The minimum absolute atomic E-state index is 0.198. The van der Waals surface area contributed by atoms with Gasteiger partial charge in [0.25, 0.3) is 0 Å². The first-order valence-electron chi connectivity index (χ1n) is 10.8. The van der Waals surface area contributed by atoms with Gasteiger partial charge in [0.1, 0.15) is 11.6 Å². The number of piperazine rings is 1. The molecule has 1 fully saturated rings. The molecule has 0 saturated carbocycles. The van der Waals surface area contributed by atoms with Gasteiger partial charge in [-0.15, -0.1) is 0 Å². The summed E-state index contributed by atoms with van der Waals surface area (Å²) >= 11 is 6.20. The van der Waals surface area contributed by atoms with Crippen LogP contribution in [0.1, 0.15) is 43.2 Å². The van der Waals surface area contributed by atoms with Crippen molar-refractivity contribution in [3.05, 3.63) is 57.9 Å². The number of aryl methyl sites for hydroxylation is 1. The summed E-state index contributed by atoms with van der Waals surface area (Å²) in [5.74, 6) is -1.04. The number of carbonyl (C=O) groups excluding carboxylic acids is 1. The van der Waals surface area contributed by atoms with Gasteiger partial charge in [0, 0.05) is 48.7 Å². The number of amides is 1. The number of carbonyl (C=O) groups is 2. The molecule has 1 atom stereocenters. The smallest absolute Gasteiger partial charge is 0.411 e. The van der Waals surface area contributed by atoms with E-state index in [0.29, 0.717) is 6.54 Å². The third-order valence-electron chi connectivity index (χ3n) is 5.92. The molecule has 8 heteroatoms. The molecule has 2 heterocycles. The van der Waals surface area contributed by atoms with Gasteiger partial charge in [-0.05, 0) is 68.5 Å². The molecular formula is C24H28ClN3O4. The van der Waals surface area contributed by atoms with Gasteiger partial charge in [-0.3, -0.25) is 9.88 Å². The Hall–Kier alpha value is -2.80. The van der Waals surface area contributed by atoms with Crippen molar-refractivity contribution in [3.8, 4) is 0 Å². The zero-order valence-electron chi connectivity index (χ0n) is 18.6. The van der Waals surface area contributed by atoms with Crippen LogP contribution in [0.15, 0.2) is 30.5 Å². The van der Waals surface area contributed by atoms with Crippen molar-refractivity contribution in [1.29, 1.82) is 0 Å². The number of pyridine rings is 1. The van der Waals surface area contributed by atoms with E-state index < -0.39 is 23.7 Å². The van der Waals surface area contributed by atoms with Gasteiger partial charge in [-0.1, -0.05) is 17.7 Å². The number of fused-ring (bicyclic) bond motifs is 2. The van der Waals surface area contributed by atoms with Crippen molar-refractivity contribution in [3.63, 3.8) is 0 Å². The van der Waals surface area contributed by atoms with Crippen LogP contribution in [0.25, 0.3) is 0 Å². The number of hydrogen-bond donors (Lipinski definition) is 1. The molecule has 1 aromatic heterocycles. The van der Waals surface area contributed by atoms with Crippen LogP contribution in [0.5, 0.6) is 0 Å². The maximum absolute atomic E-state index is 12.6. The molecule has 0 unspecified atom stereocenters. The predicted octanol–water partition coefficient (Wildman–Crippen LogP) is 3.93. The minimum atomic E-state index is -1.04. The third kappa shape index (κ3) is 4.67. The highest BCUT2D eigenvalue weighted by atomic mass is 35.5. The second-order valence-electron chi connectivity index (χ2n) is 9.32. The first kappa shape index (κ1) is 22.4. The van der Waals surface area contributed by atoms with Crippen molar-refractivity contribution in [2.45, 2.75) is 51.7 Å². The van der Waals surface area contributed by atoms with E-state index in [9.17, 15) is 14.7 Å². The Morgan fingerprint density at radius 2 is 1.94 bits per heavy atom. The molecule has 0 bridgehead atoms. The number of aromatic nitrogens is 1. The van der Waals surface area contributed by atoms with E-state index in [1.165, 1.54) is 16.0 Å². The summed E-state index contributed by atoms with van der Waals surface area (Å²) < 4.78 is 5.44. The number of anilines is 1. The molecule has 1 saturated heterocycles. The maximum atomic E-state index is 12.6. The highest BCUT2D eigenvalue weighted by Gasteiger charge is 2.38. The molecule has 170 valence electrons. The fourth-order valence-corrected chi connectivity index (χ4v) is 4.63. The Morgan fingerprint density at radius 3 is 2.66 bits per heavy atom. The van der Waals surface area contributed by atoms with Crippen molar-refractivity contribution in [2.24, 2.45) is 0 Å². The number of rotatable bonds is 2. The Kier molecular flexibility index (Phi) is 6.03. The van der Waals surface area contributed by atoms with Gasteiger partial charge in [0.2, 0.25) is 0 Å². The van der Waals surface area contributed by atoms with Crippen LogP contribution in [0.4, 0.5) is 10.5 Å². The summed E-state index contributed by atoms with van der Waals surface area (Å²) in [5.41, 5.74) is 4.89. The quantitative estimate of drug-likeness (QED) is 0.735. The monoisotopic (exact) mass is 457 g/mol. The van der Waals surface area contributed by atoms with Crippen LogP contribution in [0.3, 0.4) is 0 Å². The maximum Gasteiger partial charge on any atom is 0.411 e. The van der Waals surface area contributed by atoms with Gasteiger partial charge < -0.3 is 14.7 Å². The van der Waals surface area contributed by atoms with Crippen molar-refractivity contribution in [2.75, 3.05) is 24.5 Å². The average Bonchev–Trinajstić information content (AvgIpc) is 2.91. The molecule has 1 aromatic carbocycles. The Morgan fingerprint density at radius 1 is 1.16 bits per heavy atom. The lowest BCUT2D eigenvalue weighted by Gasteiger charge is -2.41. The average molecular weight is 458 g/mol. The topological polar surface area (TPSA) is 83.0 Å². The summed E-state index contributed by atoms with van der Waals surface area (Å²) in [7, 11) is 0. The molecule has 0 radical (unpaired) electrons. The lowest BCUT2D eigenvalue weighted by atomic mass is 10.0. The van der Waals surface area contributed by atoms with Gasteiger partial charge in [-0.2, -0.15) is 0 Å². The molecule has 4 rings (SSSR count). The molecule has 1 amide bonds. The van der Waals surface area contributed by atoms with E-state index in [0.717, 1.165) is 41.2 Å². The normalized spacial score (nSPS) is 18.4. The lowest BCUT2D eigenvalue weighted by Crippen LogP contribution is -2.59. The molecule has 1 aliphatic heterocycles. The fraction of sp³-hybridized carbons (Fsp3) is 0.458. The van der Waals surface area contributed by atoms with Crippen LogP contribution in [-0.4, -0.2) is 58.3 Å². The molecular weight excluding hydrogens is 430 g/mol. The fourth-order valence-electron chi connectivity index (χ4n) is 4.44. The van der Waals surface area contributed by atoms with Crippen LogP contribution < -0.4 is 4.90 Å². The highest BCUT2D eigenvalue weighted by molar-refractivity contribution is 6.30. The largest absolute Gasteiger partial charge is 0.480 e. The van der Waals surface area contributed by atoms with Crippen LogP contribution in [0, 0.1) is 0 Å². The Bertz CT molecular complexity index is 1050. The van der Waals surface area contributed by atoms with Crippen LogP contribution in [0.2, 0.25) is 5.02 Å². The number of hydrogen-bond acceptors (Lipinski definition) is 5. The van der Waals surface area contributed by atoms with Crippen molar-refractivity contribution in [1.82, 2.24) is 9.88 Å².